The van der Waals surface area contributed by atoms with Gasteiger partial charge in [-0.3, -0.25) is 14.3 Å². The number of fused-ring (bicyclic) bond motifs is 2. The second kappa shape index (κ2) is 4.77. The summed E-state index contributed by atoms with van der Waals surface area (Å²) in [4.78, 5) is 23.7. The van der Waals surface area contributed by atoms with Crippen LogP contribution in [0.1, 0.15) is 12.1 Å². The Morgan fingerprint density at radius 2 is 2.10 bits per heavy atom. The van der Waals surface area contributed by atoms with E-state index in [0.29, 0.717) is 6.54 Å². The molecule has 2 aliphatic rings. The van der Waals surface area contributed by atoms with Crippen LogP contribution in [0.15, 0.2) is 24.4 Å². The number of aryl methyl sites for hydroxylation is 1. The van der Waals surface area contributed by atoms with Crippen molar-refractivity contribution in [3.05, 3.63) is 30.1 Å². The molecule has 0 aliphatic heterocycles. The molecule has 0 spiro atoms. The zero-order valence-electron chi connectivity index (χ0n) is 11.2. The Bertz CT molecular complexity index is 578. The first-order chi connectivity index (χ1) is 9.58. The second-order valence-electron chi connectivity index (χ2n) is 5.50. The lowest BCUT2D eigenvalue weighted by Gasteiger charge is -2.23. The van der Waals surface area contributed by atoms with Crippen LogP contribution in [0, 0.1) is 23.7 Å². The van der Waals surface area contributed by atoms with Gasteiger partial charge in [-0.1, -0.05) is 12.2 Å². The van der Waals surface area contributed by atoms with Crippen LogP contribution in [0.2, 0.25) is 0 Å². The number of amides is 1. The second-order valence-corrected chi connectivity index (χ2v) is 5.50. The number of allylic oxidation sites excluding steroid dienone is 2. The van der Waals surface area contributed by atoms with E-state index in [9.17, 15) is 14.7 Å². The Hall–Kier alpha value is -2.11. The summed E-state index contributed by atoms with van der Waals surface area (Å²) in [6.07, 6.45) is 6.37. The van der Waals surface area contributed by atoms with E-state index in [2.05, 4.69) is 10.4 Å². The van der Waals surface area contributed by atoms with Crippen LogP contribution in [0.4, 0.5) is 0 Å². The van der Waals surface area contributed by atoms with Crippen molar-refractivity contribution in [2.45, 2.75) is 13.0 Å². The van der Waals surface area contributed by atoms with Gasteiger partial charge in [0.2, 0.25) is 5.91 Å². The van der Waals surface area contributed by atoms with Crippen LogP contribution >= 0.6 is 0 Å². The molecular weight excluding hydrogens is 258 g/mol. The van der Waals surface area contributed by atoms with E-state index in [-0.39, 0.29) is 17.7 Å². The highest BCUT2D eigenvalue weighted by atomic mass is 16.4. The van der Waals surface area contributed by atoms with Crippen molar-refractivity contribution >= 4 is 11.9 Å². The van der Waals surface area contributed by atoms with Gasteiger partial charge in [0.15, 0.2) is 0 Å². The maximum absolute atomic E-state index is 12.3. The van der Waals surface area contributed by atoms with Crippen LogP contribution in [0.25, 0.3) is 0 Å². The van der Waals surface area contributed by atoms with Gasteiger partial charge >= 0.3 is 5.97 Å². The molecule has 2 aliphatic carbocycles. The Balaban J connectivity index is 1.69. The fraction of sp³-hybridized carbons (Fsp3) is 0.500. The van der Waals surface area contributed by atoms with E-state index in [0.717, 1.165) is 12.1 Å². The molecule has 1 heterocycles. The maximum atomic E-state index is 12.3. The van der Waals surface area contributed by atoms with E-state index in [1.807, 2.05) is 25.3 Å². The molecule has 20 heavy (non-hydrogen) atoms. The Morgan fingerprint density at radius 1 is 1.40 bits per heavy atom. The van der Waals surface area contributed by atoms with Crippen molar-refractivity contribution in [2.24, 2.45) is 30.7 Å². The quantitative estimate of drug-likeness (QED) is 0.786. The van der Waals surface area contributed by atoms with Crippen LogP contribution < -0.4 is 5.32 Å². The average Bonchev–Trinajstić information content (AvgIpc) is 3.10. The molecule has 2 bridgehead atoms. The third-order valence-electron chi connectivity index (χ3n) is 4.41. The number of rotatable bonds is 4. The first-order valence-corrected chi connectivity index (χ1v) is 6.73. The zero-order valence-corrected chi connectivity index (χ0v) is 11.2. The molecular formula is C14H17N3O3. The molecule has 106 valence electrons. The van der Waals surface area contributed by atoms with Crippen LogP contribution in [0.5, 0.6) is 0 Å². The lowest BCUT2D eigenvalue weighted by Crippen LogP contribution is -2.40. The first kappa shape index (κ1) is 12.9. The molecule has 1 aromatic heterocycles. The topological polar surface area (TPSA) is 84.2 Å². The smallest absolute Gasteiger partial charge is 0.307 e. The molecule has 1 saturated carbocycles. The summed E-state index contributed by atoms with van der Waals surface area (Å²) in [5.41, 5.74) is 0.893. The standard InChI is InChI=1S/C14H17N3O3/c1-17-10(4-5-16-17)7-15-13(18)11-8-2-3-9(6-8)12(11)14(19)20/h2-5,8-9,11-12H,6-7H2,1H3,(H,15,18)(H,19,20). The maximum Gasteiger partial charge on any atom is 0.307 e. The van der Waals surface area contributed by atoms with Crippen molar-refractivity contribution in [3.63, 3.8) is 0 Å². The monoisotopic (exact) mass is 275 g/mol. The molecule has 0 aromatic carbocycles. The summed E-state index contributed by atoms with van der Waals surface area (Å²) in [6, 6.07) is 1.83. The van der Waals surface area contributed by atoms with Gasteiger partial charge in [-0.15, -0.1) is 0 Å². The molecule has 6 nitrogen and oxygen atoms in total. The number of aliphatic carboxylic acids is 1. The number of carboxylic acids is 1. The summed E-state index contributed by atoms with van der Waals surface area (Å²) in [5, 5.41) is 16.2. The SMILES string of the molecule is Cn1nccc1CNC(=O)C1C2C=CC(C2)C1C(=O)O. The Morgan fingerprint density at radius 3 is 2.70 bits per heavy atom. The molecule has 0 saturated heterocycles. The highest BCUT2D eigenvalue weighted by Gasteiger charge is 2.51. The van der Waals surface area contributed by atoms with E-state index in [1.54, 1.807) is 10.9 Å². The highest BCUT2D eigenvalue weighted by Crippen LogP contribution is 2.48. The van der Waals surface area contributed by atoms with Gasteiger partial charge in [0.25, 0.3) is 0 Å². The molecule has 3 rings (SSSR count). The van der Waals surface area contributed by atoms with Gasteiger partial charge in [0, 0.05) is 13.2 Å². The van der Waals surface area contributed by atoms with Crippen molar-refractivity contribution in [3.8, 4) is 0 Å². The van der Waals surface area contributed by atoms with Gasteiger partial charge in [-0.2, -0.15) is 5.10 Å². The van der Waals surface area contributed by atoms with Gasteiger partial charge < -0.3 is 10.4 Å². The number of carboxylic acid groups (broad SMARTS) is 1. The average molecular weight is 275 g/mol. The van der Waals surface area contributed by atoms with Gasteiger partial charge in [-0.05, 0) is 24.3 Å². The summed E-state index contributed by atoms with van der Waals surface area (Å²) < 4.78 is 1.69. The minimum absolute atomic E-state index is 0.00459. The number of hydrogen-bond acceptors (Lipinski definition) is 3. The summed E-state index contributed by atoms with van der Waals surface area (Å²) in [6.45, 7) is 0.374. The summed E-state index contributed by atoms with van der Waals surface area (Å²) in [5.74, 6) is -2.01. The van der Waals surface area contributed by atoms with E-state index >= 15 is 0 Å². The summed E-state index contributed by atoms with van der Waals surface area (Å²) in [7, 11) is 1.81. The fourth-order valence-electron chi connectivity index (χ4n) is 3.39. The van der Waals surface area contributed by atoms with Crippen molar-refractivity contribution in [2.75, 3.05) is 0 Å². The lowest BCUT2D eigenvalue weighted by atomic mass is 9.82. The molecule has 6 heteroatoms. The van der Waals surface area contributed by atoms with Crippen molar-refractivity contribution in [1.82, 2.24) is 15.1 Å². The first-order valence-electron chi connectivity index (χ1n) is 6.73. The van der Waals surface area contributed by atoms with E-state index < -0.39 is 17.8 Å². The normalized spacial score (nSPS) is 30.6. The minimum Gasteiger partial charge on any atom is -0.481 e. The zero-order chi connectivity index (χ0) is 14.3. The highest BCUT2D eigenvalue weighted by molar-refractivity contribution is 5.86. The van der Waals surface area contributed by atoms with Crippen molar-refractivity contribution in [1.29, 1.82) is 0 Å². The van der Waals surface area contributed by atoms with Crippen molar-refractivity contribution < 1.29 is 14.7 Å². The number of aromatic nitrogens is 2. The summed E-state index contributed by atoms with van der Waals surface area (Å²) >= 11 is 0. The predicted octanol–water partition coefficient (Wildman–Crippen LogP) is 0.559. The molecule has 4 atom stereocenters. The fourth-order valence-corrected chi connectivity index (χ4v) is 3.39. The van der Waals surface area contributed by atoms with Gasteiger partial charge in [0.05, 0.1) is 24.1 Å². The predicted molar refractivity (Wildman–Crippen MR) is 70.4 cm³/mol. The number of carbonyl (C=O) groups is 2. The number of hydrogen-bond donors (Lipinski definition) is 2. The van der Waals surface area contributed by atoms with Crippen LogP contribution in [0.3, 0.4) is 0 Å². The minimum atomic E-state index is -0.873. The van der Waals surface area contributed by atoms with Gasteiger partial charge in [-0.25, -0.2) is 0 Å². The molecule has 2 N–H and O–H groups in total. The number of nitrogens with one attached hydrogen (secondary N) is 1. The Kier molecular flexibility index (Phi) is 3.08. The lowest BCUT2D eigenvalue weighted by molar-refractivity contribution is -0.147. The largest absolute Gasteiger partial charge is 0.481 e. The van der Waals surface area contributed by atoms with Crippen LogP contribution in [-0.2, 0) is 23.2 Å². The molecule has 1 fully saturated rings. The van der Waals surface area contributed by atoms with Gasteiger partial charge in [0.1, 0.15) is 0 Å². The molecule has 1 aromatic rings. The Labute approximate surface area is 116 Å². The molecule has 1 amide bonds. The van der Waals surface area contributed by atoms with E-state index in [4.69, 9.17) is 0 Å². The van der Waals surface area contributed by atoms with Crippen LogP contribution in [-0.4, -0.2) is 26.8 Å². The van der Waals surface area contributed by atoms with E-state index in [1.165, 1.54) is 0 Å². The molecule has 0 radical (unpaired) electrons. The molecule has 4 unspecified atom stereocenters. The third-order valence-corrected chi connectivity index (χ3v) is 4.41. The third kappa shape index (κ3) is 2.01. The number of carbonyl (C=O) groups excluding carboxylic acids is 1. The number of nitrogens with zero attached hydrogens (tertiary/aromatic N) is 2.